The van der Waals surface area contributed by atoms with Crippen LogP contribution in [0.5, 0.6) is 0 Å². The third-order valence-electron chi connectivity index (χ3n) is 14.6. The lowest BCUT2D eigenvalue weighted by Crippen LogP contribution is -2.00. The van der Waals surface area contributed by atoms with Crippen molar-refractivity contribution in [2.24, 2.45) is 14.1 Å². The van der Waals surface area contributed by atoms with E-state index in [2.05, 4.69) is 275 Å². The molecule has 8 heterocycles. The zero-order chi connectivity index (χ0) is 46.2. The number of benzene rings is 8. The Hall–Kier alpha value is -9.47. The molecular formula is C61H43N9. The predicted octanol–water partition coefficient (Wildman–Crippen LogP) is 14.3. The molecule has 9 nitrogen and oxygen atoms in total. The van der Waals surface area contributed by atoms with Crippen LogP contribution < -0.4 is 0 Å². The second kappa shape index (κ2) is 14.5. The molecule has 70 heavy (non-hydrogen) atoms. The molecule has 16 aromatic rings. The summed E-state index contributed by atoms with van der Waals surface area (Å²) in [6.07, 6.45) is 8.53. The summed E-state index contributed by atoms with van der Waals surface area (Å²) in [5.74, 6) is 2.94. The van der Waals surface area contributed by atoms with E-state index in [-0.39, 0.29) is 0 Å². The molecule has 0 spiro atoms. The van der Waals surface area contributed by atoms with Gasteiger partial charge >= 0.3 is 0 Å². The van der Waals surface area contributed by atoms with Gasteiger partial charge in [-0.2, -0.15) is 4.98 Å². The van der Waals surface area contributed by atoms with E-state index >= 15 is 0 Å². The van der Waals surface area contributed by atoms with Crippen LogP contribution >= 0.6 is 0 Å². The summed E-state index contributed by atoms with van der Waals surface area (Å²) in [6, 6.07) is 71.4. The number of aromatic nitrogens is 9. The Morgan fingerprint density at radius 1 is 0.300 bits per heavy atom. The van der Waals surface area contributed by atoms with Crippen LogP contribution in [0.25, 0.3) is 122 Å². The number of fused-ring (bicyclic) bond motifs is 14. The molecule has 0 bridgehead atoms. The van der Waals surface area contributed by atoms with E-state index in [1.54, 1.807) is 0 Å². The van der Waals surface area contributed by atoms with E-state index in [0.29, 0.717) is 0 Å². The molecule has 0 saturated carbocycles. The van der Waals surface area contributed by atoms with Crippen LogP contribution in [0.4, 0.5) is 0 Å². The van der Waals surface area contributed by atoms with E-state index in [9.17, 15) is 0 Å². The number of aryl methyl sites for hydroxylation is 2. The lowest BCUT2D eigenvalue weighted by molar-refractivity contribution is 0.946. The van der Waals surface area contributed by atoms with Gasteiger partial charge in [0.25, 0.3) is 0 Å². The van der Waals surface area contributed by atoms with Crippen LogP contribution in [-0.2, 0) is 14.1 Å². The van der Waals surface area contributed by atoms with Gasteiger partial charge in [0.1, 0.15) is 11.5 Å². The number of rotatable bonds is 4. The maximum Gasteiger partial charge on any atom is 0.222 e. The smallest absolute Gasteiger partial charge is 0.222 e. The molecule has 8 aromatic carbocycles. The fraction of sp³-hybridized carbons (Fsp3) is 0.0328. The van der Waals surface area contributed by atoms with Gasteiger partial charge in [0.2, 0.25) is 5.95 Å². The van der Waals surface area contributed by atoms with E-state index < -0.39 is 0 Å². The molecule has 0 aliphatic heterocycles. The summed E-state index contributed by atoms with van der Waals surface area (Å²) in [6.45, 7) is 0. The van der Waals surface area contributed by atoms with Crippen molar-refractivity contribution in [1.82, 2.24) is 41.2 Å². The highest BCUT2D eigenvalue weighted by molar-refractivity contribution is 6.13. The molecule has 0 amide bonds. The summed E-state index contributed by atoms with van der Waals surface area (Å²) in [5.41, 5.74) is 12.9. The minimum atomic E-state index is 0.884. The molecule has 0 N–H and O–H groups in total. The van der Waals surface area contributed by atoms with Crippen molar-refractivity contribution in [2.45, 2.75) is 0 Å². The van der Waals surface area contributed by atoms with Gasteiger partial charge in [-0.1, -0.05) is 146 Å². The molecule has 0 unspecified atom stereocenters. The molecule has 0 aliphatic carbocycles. The first-order valence-electron chi connectivity index (χ1n) is 23.8. The van der Waals surface area contributed by atoms with Crippen molar-refractivity contribution < 1.29 is 0 Å². The molecular weight excluding hydrogens is 859 g/mol. The summed E-state index contributed by atoms with van der Waals surface area (Å²) < 4.78 is 18.3. The Kier molecular flexibility index (Phi) is 8.01. The van der Waals surface area contributed by atoms with Gasteiger partial charge in [-0.15, -0.1) is 0 Å². The van der Waals surface area contributed by atoms with E-state index in [4.69, 9.17) is 4.98 Å². The molecule has 0 radical (unpaired) electrons. The van der Waals surface area contributed by atoms with Crippen LogP contribution in [0.2, 0.25) is 0 Å². The highest BCUT2D eigenvalue weighted by atomic mass is 15.3. The second-order valence-electron chi connectivity index (χ2n) is 18.3. The molecule has 0 saturated heterocycles. The molecule has 0 atom stereocenters. The van der Waals surface area contributed by atoms with Crippen LogP contribution in [0, 0.1) is 0 Å². The number of hydrogen-bond donors (Lipinski definition) is 0. The van der Waals surface area contributed by atoms with E-state index in [1.165, 1.54) is 70.8 Å². The SMILES string of the molecule is Cn1ccn2c(-n3c4ccccc4c4ccccc43)cc(-n3c4ccccc4c4ccccc43)c12.Cn1ccn2c(-n3c4ccccc4c4ccccc43)nc(-n3c4ccccc4c4ccccc43)c12. The maximum absolute atomic E-state index is 5.36. The third-order valence-corrected chi connectivity index (χ3v) is 14.6. The monoisotopic (exact) mass is 901 g/mol. The fourth-order valence-corrected chi connectivity index (χ4v) is 11.6. The van der Waals surface area contributed by atoms with E-state index in [0.717, 1.165) is 50.9 Å². The quantitative estimate of drug-likeness (QED) is 0.174. The third kappa shape index (κ3) is 5.23. The second-order valence-corrected chi connectivity index (χ2v) is 18.3. The molecule has 9 heteroatoms. The Morgan fingerprint density at radius 3 is 1.01 bits per heavy atom. The van der Waals surface area contributed by atoms with Gasteiger partial charge < -0.3 is 13.7 Å². The fourth-order valence-electron chi connectivity index (χ4n) is 11.6. The largest absolute Gasteiger partial charge is 0.334 e. The molecule has 0 fully saturated rings. The molecule has 332 valence electrons. The number of para-hydroxylation sites is 8. The first-order valence-corrected chi connectivity index (χ1v) is 23.8. The van der Waals surface area contributed by atoms with Crippen LogP contribution in [0.15, 0.2) is 225 Å². The van der Waals surface area contributed by atoms with Crippen molar-refractivity contribution in [3.05, 3.63) is 225 Å². The molecule has 0 aliphatic rings. The van der Waals surface area contributed by atoms with Gasteiger partial charge in [-0.05, 0) is 48.5 Å². The van der Waals surface area contributed by atoms with Gasteiger partial charge in [-0.3, -0.25) is 22.5 Å². The van der Waals surface area contributed by atoms with Gasteiger partial charge in [0.15, 0.2) is 11.5 Å². The zero-order valence-electron chi connectivity index (χ0n) is 38.4. The highest BCUT2D eigenvalue weighted by Crippen LogP contribution is 2.40. The van der Waals surface area contributed by atoms with Crippen molar-refractivity contribution in [1.29, 1.82) is 0 Å². The van der Waals surface area contributed by atoms with Crippen LogP contribution in [0.1, 0.15) is 0 Å². The lowest BCUT2D eigenvalue weighted by Gasteiger charge is -2.07. The number of hydrogen-bond acceptors (Lipinski definition) is 1. The summed E-state index contributed by atoms with van der Waals surface area (Å²) in [4.78, 5) is 5.36. The topological polar surface area (TPSA) is 51.3 Å². The molecule has 8 aromatic heterocycles. The Balaban J connectivity index is 0.000000126. The van der Waals surface area contributed by atoms with Crippen molar-refractivity contribution >= 4 is 98.5 Å². The average Bonchev–Trinajstić information content (AvgIpc) is 4.30. The Labute approximate surface area is 400 Å². The first kappa shape index (κ1) is 38.6. The summed E-state index contributed by atoms with van der Waals surface area (Å²) >= 11 is 0. The van der Waals surface area contributed by atoms with Crippen molar-refractivity contribution in [3.63, 3.8) is 0 Å². The van der Waals surface area contributed by atoms with Gasteiger partial charge in [0, 0.05) is 88.0 Å². The highest BCUT2D eigenvalue weighted by Gasteiger charge is 2.25. The summed E-state index contributed by atoms with van der Waals surface area (Å²) in [5, 5.41) is 10.0. The van der Waals surface area contributed by atoms with Crippen molar-refractivity contribution in [3.8, 4) is 23.3 Å². The standard InChI is InChI=1S/C31H22N4.C30H21N5/c1-32-18-19-33-30(35-27-16-8-4-12-23(27)24-13-5-9-17-28(24)35)20-29(31(32)33)34-25-14-6-2-10-21(25)22-11-3-7-15-26(22)34;1-32-18-19-33-29(32)28(34-24-14-6-2-10-20(24)21-11-3-7-15-25(21)34)31-30(33)35-26-16-8-4-12-22(26)23-13-5-9-17-27(23)35/h2-20H,1H3;2-19H,1H3. The van der Waals surface area contributed by atoms with Crippen LogP contribution in [0.3, 0.4) is 0 Å². The normalized spacial score (nSPS) is 12.1. The van der Waals surface area contributed by atoms with Gasteiger partial charge in [0.05, 0.1) is 49.8 Å². The lowest BCUT2D eigenvalue weighted by atomic mass is 10.2. The number of imidazole rings is 3. The van der Waals surface area contributed by atoms with Gasteiger partial charge in [-0.25, -0.2) is 0 Å². The maximum atomic E-state index is 5.36. The van der Waals surface area contributed by atoms with Crippen LogP contribution in [-0.4, -0.2) is 41.2 Å². The van der Waals surface area contributed by atoms with E-state index in [1.807, 2.05) is 0 Å². The molecule has 16 rings (SSSR count). The predicted molar refractivity (Wildman–Crippen MR) is 288 cm³/mol. The van der Waals surface area contributed by atoms with Crippen molar-refractivity contribution in [2.75, 3.05) is 0 Å². The Morgan fingerprint density at radius 2 is 0.614 bits per heavy atom. The number of nitrogens with zero attached hydrogens (tertiary/aromatic N) is 9. The Bertz CT molecular complexity index is 4240. The zero-order valence-corrected chi connectivity index (χ0v) is 38.4. The average molecular weight is 902 g/mol. The minimum absolute atomic E-state index is 0.884. The summed E-state index contributed by atoms with van der Waals surface area (Å²) in [7, 11) is 4.21. The minimum Gasteiger partial charge on any atom is -0.334 e. The first-order chi connectivity index (χ1) is 34.6.